The summed E-state index contributed by atoms with van der Waals surface area (Å²) in [6.07, 6.45) is 86.2. The molecular formula is C74H147N2O6P. The van der Waals surface area contributed by atoms with Gasteiger partial charge in [-0.1, -0.05) is 378 Å². The van der Waals surface area contributed by atoms with Gasteiger partial charge in [0.1, 0.15) is 13.2 Å². The molecule has 0 aliphatic heterocycles. The van der Waals surface area contributed by atoms with Gasteiger partial charge in [0.25, 0.3) is 7.82 Å². The summed E-state index contributed by atoms with van der Waals surface area (Å²) in [5, 5.41) is 14.0. The van der Waals surface area contributed by atoms with Gasteiger partial charge >= 0.3 is 0 Å². The van der Waals surface area contributed by atoms with Crippen LogP contribution in [-0.2, 0) is 18.4 Å². The number of phosphoric acid groups is 1. The zero-order valence-electron chi connectivity index (χ0n) is 56.7. The second kappa shape index (κ2) is 65.4. The van der Waals surface area contributed by atoms with Gasteiger partial charge in [-0.05, 0) is 32.1 Å². The highest BCUT2D eigenvalue weighted by molar-refractivity contribution is 7.45. The van der Waals surface area contributed by atoms with Gasteiger partial charge in [0.15, 0.2) is 0 Å². The number of rotatable bonds is 70. The molecule has 0 radical (unpaired) electrons. The van der Waals surface area contributed by atoms with Crippen LogP contribution in [0.3, 0.4) is 0 Å². The molecule has 0 aliphatic carbocycles. The molecule has 1 amide bonds. The van der Waals surface area contributed by atoms with E-state index in [1.807, 2.05) is 27.2 Å². The van der Waals surface area contributed by atoms with Crippen LogP contribution in [0, 0.1) is 0 Å². The number of quaternary nitrogens is 1. The molecule has 9 heteroatoms. The number of carbonyl (C=O) groups excluding carboxylic acids is 1. The molecule has 0 aliphatic rings. The number of likely N-dealkylation sites (N-methyl/N-ethyl adjacent to an activating group) is 1. The summed E-state index contributed by atoms with van der Waals surface area (Å²) < 4.78 is 23.5. The van der Waals surface area contributed by atoms with Crippen LogP contribution in [0.5, 0.6) is 0 Å². The van der Waals surface area contributed by atoms with Crippen LogP contribution >= 0.6 is 7.82 Å². The number of aliphatic hydroxyl groups excluding tert-OH is 1. The Hall–Kier alpha value is -1.02. The molecule has 3 atom stereocenters. The molecule has 2 N–H and O–H groups in total. The lowest BCUT2D eigenvalue weighted by molar-refractivity contribution is -0.870. The van der Waals surface area contributed by atoms with Crippen LogP contribution < -0.4 is 10.2 Å². The number of unbranched alkanes of at least 4 members (excludes halogenated alkanes) is 55. The number of nitrogens with zero attached hydrogens (tertiary/aromatic N) is 1. The van der Waals surface area contributed by atoms with E-state index in [-0.39, 0.29) is 19.1 Å². The first-order chi connectivity index (χ1) is 40.5. The fourth-order valence-corrected chi connectivity index (χ4v) is 12.4. The summed E-state index contributed by atoms with van der Waals surface area (Å²) in [4.78, 5) is 25.6. The van der Waals surface area contributed by atoms with Crippen molar-refractivity contribution in [3.05, 3.63) is 24.3 Å². The monoisotopic (exact) mass is 1190 g/mol. The summed E-state index contributed by atoms with van der Waals surface area (Å²) in [5.41, 5.74) is 0. The van der Waals surface area contributed by atoms with E-state index in [9.17, 15) is 19.4 Å². The van der Waals surface area contributed by atoms with E-state index in [2.05, 4.69) is 31.3 Å². The predicted octanol–water partition coefficient (Wildman–Crippen LogP) is 23.2. The van der Waals surface area contributed by atoms with E-state index >= 15 is 0 Å². The first-order valence-electron chi connectivity index (χ1n) is 37.2. The summed E-state index contributed by atoms with van der Waals surface area (Å²) in [6.45, 7) is 4.70. The van der Waals surface area contributed by atoms with Gasteiger partial charge in [0, 0.05) is 6.42 Å². The van der Waals surface area contributed by atoms with Crippen LogP contribution in [0.25, 0.3) is 0 Å². The Morgan fingerprint density at radius 1 is 0.410 bits per heavy atom. The maximum atomic E-state index is 13.0. The Balaban J connectivity index is 4.03. The van der Waals surface area contributed by atoms with Gasteiger partial charge in [0.2, 0.25) is 5.91 Å². The minimum Gasteiger partial charge on any atom is -0.756 e. The van der Waals surface area contributed by atoms with E-state index < -0.39 is 20.0 Å². The lowest BCUT2D eigenvalue weighted by Crippen LogP contribution is -2.45. The SMILES string of the molecule is CCCCCCCCCCCCCCCCCCCCCCCCCCC/C=C/CC/C=C/C(O)C(COP(=O)([O-])OCC[N+](C)(C)C)NC(=O)CCCCCCCCCCCCCCCCCCCCCCCCCCCCCCCC. The van der Waals surface area contributed by atoms with E-state index in [1.165, 1.54) is 334 Å². The lowest BCUT2D eigenvalue weighted by atomic mass is 10.0. The van der Waals surface area contributed by atoms with Crippen molar-refractivity contribution in [3.8, 4) is 0 Å². The van der Waals surface area contributed by atoms with Crippen LogP contribution in [0.4, 0.5) is 0 Å². The summed E-state index contributed by atoms with van der Waals surface area (Å²) in [6, 6.07) is -0.902. The van der Waals surface area contributed by atoms with Crippen LogP contribution in [0.2, 0.25) is 0 Å². The standard InChI is InChI=1S/C74H147N2O6P/c1-6-8-10-12-14-16-18-20-22-24-26-28-30-32-34-36-38-39-41-43-45-47-49-51-53-55-57-59-61-63-65-67-73(77)72(71-82-83(79,80)81-70-69-76(3,4)5)75-74(78)68-66-64-62-60-58-56-54-52-50-48-46-44-42-40-37-35-33-31-29-27-25-23-21-19-17-15-13-11-9-7-2/h57,59,65,67,72-73,77H,6-56,58,60-64,66,68-71H2,1-5H3,(H-,75,78,79,80)/b59-57+,67-65+. The first-order valence-corrected chi connectivity index (χ1v) is 38.7. The molecule has 0 aromatic heterocycles. The minimum atomic E-state index is -4.61. The normalized spacial score (nSPS) is 13.7. The fraction of sp³-hybridized carbons (Fsp3) is 0.932. The Labute approximate surface area is 519 Å². The smallest absolute Gasteiger partial charge is 0.268 e. The third-order valence-corrected chi connectivity index (χ3v) is 18.4. The molecule has 0 fully saturated rings. The highest BCUT2D eigenvalue weighted by Gasteiger charge is 2.23. The van der Waals surface area contributed by atoms with E-state index in [1.54, 1.807) is 6.08 Å². The third kappa shape index (κ3) is 68.3. The zero-order valence-corrected chi connectivity index (χ0v) is 57.6. The van der Waals surface area contributed by atoms with Crippen molar-refractivity contribution in [1.82, 2.24) is 5.32 Å². The largest absolute Gasteiger partial charge is 0.756 e. The first kappa shape index (κ1) is 82.0. The van der Waals surface area contributed by atoms with E-state index in [0.29, 0.717) is 17.4 Å². The van der Waals surface area contributed by atoms with Crippen LogP contribution in [0.15, 0.2) is 24.3 Å². The van der Waals surface area contributed by atoms with Crippen LogP contribution in [0.1, 0.15) is 393 Å². The lowest BCUT2D eigenvalue weighted by Gasteiger charge is -2.29. The molecule has 0 bridgehead atoms. The quantitative estimate of drug-likeness (QED) is 0.0272. The molecule has 0 rings (SSSR count). The summed E-state index contributed by atoms with van der Waals surface area (Å²) in [5.74, 6) is -0.197. The van der Waals surface area contributed by atoms with Gasteiger partial charge in [-0.25, -0.2) is 0 Å². The van der Waals surface area contributed by atoms with Gasteiger partial charge in [-0.2, -0.15) is 0 Å². The van der Waals surface area contributed by atoms with Crippen molar-refractivity contribution in [2.24, 2.45) is 0 Å². The van der Waals surface area contributed by atoms with Crippen molar-refractivity contribution in [1.29, 1.82) is 0 Å². The molecular weight excluding hydrogens is 1040 g/mol. The van der Waals surface area contributed by atoms with Crippen molar-refractivity contribution in [2.75, 3.05) is 40.9 Å². The summed E-state index contributed by atoms with van der Waals surface area (Å²) >= 11 is 0. The molecule has 83 heavy (non-hydrogen) atoms. The molecule has 0 saturated heterocycles. The topological polar surface area (TPSA) is 108 Å². The second-order valence-corrected chi connectivity index (χ2v) is 28.4. The third-order valence-electron chi connectivity index (χ3n) is 17.4. The Bertz CT molecular complexity index is 1400. The summed E-state index contributed by atoms with van der Waals surface area (Å²) in [7, 11) is 1.27. The number of aliphatic hydroxyl groups is 1. The molecule has 0 saturated carbocycles. The molecule has 494 valence electrons. The Morgan fingerprint density at radius 2 is 0.675 bits per heavy atom. The number of allylic oxidation sites excluding steroid dienone is 3. The van der Waals surface area contributed by atoms with Crippen molar-refractivity contribution >= 4 is 13.7 Å². The molecule has 0 aromatic rings. The molecule has 0 heterocycles. The number of nitrogens with one attached hydrogen (secondary N) is 1. The maximum Gasteiger partial charge on any atom is 0.268 e. The van der Waals surface area contributed by atoms with Crippen molar-refractivity contribution < 1.29 is 32.9 Å². The average molecular weight is 1190 g/mol. The highest BCUT2D eigenvalue weighted by atomic mass is 31.2. The zero-order chi connectivity index (χ0) is 60.5. The van der Waals surface area contributed by atoms with Gasteiger partial charge in [0.05, 0.1) is 39.9 Å². The number of carbonyl (C=O) groups is 1. The molecule has 8 nitrogen and oxygen atoms in total. The number of amides is 1. The second-order valence-electron chi connectivity index (χ2n) is 27.0. The predicted molar refractivity (Wildman–Crippen MR) is 362 cm³/mol. The number of hydrogen-bond acceptors (Lipinski definition) is 6. The minimum absolute atomic E-state index is 0.00333. The maximum absolute atomic E-state index is 13.0. The highest BCUT2D eigenvalue weighted by Crippen LogP contribution is 2.38. The van der Waals surface area contributed by atoms with Crippen LogP contribution in [-0.4, -0.2) is 68.5 Å². The fourth-order valence-electron chi connectivity index (χ4n) is 11.6. The van der Waals surface area contributed by atoms with E-state index in [0.717, 1.165) is 38.5 Å². The molecule has 0 spiro atoms. The molecule has 3 unspecified atom stereocenters. The van der Waals surface area contributed by atoms with Gasteiger partial charge in [-0.15, -0.1) is 0 Å². The van der Waals surface area contributed by atoms with E-state index in [4.69, 9.17) is 9.05 Å². The van der Waals surface area contributed by atoms with Crippen molar-refractivity contribution in [3.63, 3.8) is 0 Å². The van der Waals surface area contributed by atoms with Crippen molar-refractivity contribution in [2.45, 2.75) is 405 Å². The number of hydrogen-bond donors (Lipinski definition) is 2. The molecule has 0 aromatic carbocycles. The van der Waals surface area contributed by atoms with Gasteiger partial charge in [-0.3, -0.25) is 9.36 Å². The number of phosphoric ester groups is 1. The Kier molecular flexibility index (Phi) is 64.6. The Morgan fingerprint density at radius 3 is 0.976 bits per heavy atom. The average Bonchev–Trinajstić information content (AvgIpc) is 3.49. The van der Waals surface area contributed by atoms with Gasteiger partial charge < -0.3 is 28.8 Å².